The molecule has 1 aromatic heterocycles. The van der Waals surface area contributed by atoms with E-state index < -0.39 is 11.7 Å². The second kappa shape index (κ2) is 4.18. The van der Waals surface area contributed by atoms with Crippen LogP contribution in [0.15, 0.2) is 12.3 Å². The predicted octanol–water partition coefficient (Wildman–Crippen LogP) is 1.95. The summed E-state index contributed by atoms with van der Waals surface area (Å²) in [7, 11) is 0. The van der Waals surface area contributed by atoms with Gasteiger partial charge >= 0.3 is 6.18 Å². The summed E-state index contributed by atoms with van der Waals surface area (Å²) >= 11 is 0. The zero-order valence-corrected chi connectivity index (χ0v) is 9.46. The summed E-state index contributed by atoms with van der Waals surface area (Å²) in [6, 6.07) is 1.19. The summed E-state index contributed by atoms with van der Waals surface area (Å²) < 4.78 is 38.1. The Labute approximate surface area is 97.4 Å². The molecule has 2 rings (SSSR count). The molecule has 0 aromatic carbocycles. The van der Waals surface area contributed by atoms with E-state index in [-0.39, 0.29) is 11.7 Å². The topological polar surface area (TPSA) is 42.2 Å². The van der Waals surface area contributed by atoms with Crippen LogP contribution in [0.1, 0.15) is 17.7 Å². The summed E-state index contributed by atoms with van der Waals surface area (Å²) in [4.78, 5) is 5.65. The van der Waals surface area contributed by atoms with Gasteiger partial charge in [-0.15, -0.1) is 0 Å². The smallest absolute Gasteiger partial charge is 0.369 e. The SMILES string of the molecule is Cc1ncc(N2CC[C@@H](N)C2)cc1C(F)(F)F. The van der Waals surface area contributed by atoms with Crippen molar-refractivity contribution < 1.29 is 13.2 Å². The number of rotatable bonds is 1. The molecule has 3 nitrogen and oxygen atoms in total. The molecular formula is C11H14F3N3. The monoisotopic (exact) mass is 245 g/mol. The molecule has 0 bridgehead atoms. The third-order valence-corrected chi connectivity index (χ3v) is 2.97. The van der Waals surface area contributed by atoms with Crippen LogP contribution in [-0.4, -0.2) is 24.1 Å². The van der Waals surface area contributed by atoms with Gasteiger partial charge in [0.05, 0.1) is 17.4 Å². The van der Waals surface area contributed by atoms with E-state index in [1.54, 1.807) is 0 Å². The molecule has 94 valence electrons. The summed E-state index contributed by atoms with van der Waals surface area (Å²) in [5.41, 5.74) is 5.56. The number of pyridine rings is 1. The van der Waals surface area contributed by atoms with Gasteiger partial charge in [-0.3, -0.25) is 4.98 Å². The molecule has 2 N–H and O–H groups in total. The summed E-state index contributed by atoms with van der Waals surface area (Å²) in [5, 5.41) is 0. The first-order chi connectivity index (χ1) is 7.88. The highest BCUT2D eigenvalue weighted by atomic mass is 19.4. The predicted molar refractivity (Wildman–Crippen MR) is 58.8 cm³/mol. The second-order valence-electron chi connectivity index (χ2n) is 4.32. The minimum Gasteiger partial charge on any atom is -0.369 e. The third-order valence-electron chi connectivity index (χ3n) is 2.97. The van der Waals surface area contributed by atoms with Crippen LogP contribution < -0.4 is 10.6 Å². The lowest BCUT2D eigenvalue weighted by molar-refractivity contribution is -0.138. The Hall–Kier alpha value is -1.30. The van der Waals surface area contributed by atoms with Crippen LogP contribution >= 0.6 is 0 Å². The lowest BCUT2D eigenvalue weighted by atomic mass is 10.2. The highest BCUT2D eigenvalue weighted by molar-refractivity contribution is 5.49. The van der Waals surface area contributed by atoms with E-state index in [1.807, 2.05) is 4.90 Å². The molecule has 1 aromatic rings. The maximum atomic E-state index is 12.7. The standard InChI is InChI=1S/C11H14F3N3/c1-7-10(11(12,13)14)4-9(5-16-7)17-3-2-8(15)6-17/h4-5,8H,2-3,6,15H2,1H3/t8-/m1/s1. The minimum absolute atomic E-state index is 0.00439. The van der Waals surface area contributed by atoms with Crippen molar-refractivity contribution >= 4 is 5.69 Å². The van der Waals surface area contributed by atoms with Crippen molar-refractivity contribution in [3.63, 3.8) is 0 Å². The molecule has 1 fully saturated rings. The van der Waals surface area contributed by atoms with Gasteiger partial charge in [-0.05, 0) is 19.4 Å². The van der Waals surface area contributed by atoms with Crippen molar-refractivity contribution in [1.82, 2.24) is 4.98 Å². The van der Waals surface area contributed by atoms with Gasteiger partial charge in [0.2, 0.25) is 0 Å². The highest BCUT2D eigenvalue weighted by Crippen LogP contribution is 2.33. The quantitative estimate of drug-likeness (QED) is 0.822. The van der Waals surface area contributed by atoms with E-state index in [0.29, 0.717) is 18.8 Å². The maximum absolute atomic E-state index is 12.7. The van der Waals surface area contributed by atoms with E-state index in [2.05, 4.69) is 4.98 Å². The van der Waals surface area contributed by atoms with Crippen LogP contribution in [0.3, 0.4) is 0 Å². The average molecular weight is 245 g/mol. The molecule has 0 spiro atoms. The van der Waals surface area contributed by atoms with E-state index in [4.69, 9.17) is 5.73 Å². The van der Waals surface area contributed by atoms with Crippen LogP contribution in [0, 0.1) is 6.92 Å². The van der Waals surface area contributed by atoms with E-state index in [1.165, 1.54) is 13.1 Å². The number of aryl methyl sites for hydroxylation is 1. The molecule has 0 unspecified atom stereocenters. The largest absolute Gasteiger partial charge is 0.418 e. The van der Waals surface area contributed by atoms with Gasteiger partial charge in [-0.1, -0.05) is 0 Å². The normalized spacial score (nSPS) is 21.0. The van der Waals surface area contributed by atoms with Gasteiger partial charge in [0.1, 0.15) is 0 Å². The molecular weight excluding hydrogens is 231 g/mol. The Morgan fingerprint density at radius 2 is 2.18 bits per heavy atom. The number of aromatic nitrogens is 1. The van der Waals surface area contributed by atoms with E-state index in [0.717, 1.165) is 12.5 Å². The van der Waals surface area contributed by atoms with E-state index in [9.17, 15) is 13.2 Å². The molecule has 1 aliphatic rings. The minimum atomic E-state index is -4.35. The number of nitrogens with zero attached hydrogens (tertiary/aromatic N) is 2. The van der Waals surface area contributed by atoms with Gasteiger partial charge in [-0.25, -0.2) is 0 Å². The summed E-state index contributed by atoms with van der Waals surface area (Å²) in [6.07, 6.45) is -2.08. The van der Waals surface area contributed by atoms with Crippen molar-refractivity contribution in [2.24, 2.45) is 5.73 Å². The summed E-state index contributed by atoms with van der Waals surface area (Å²) in [6.45, 7) is 2.63. The van der Waals surface area contributed by atoms with Crippen molar-refractivity contribution in [3.05, 3.63) is 23.5 Å². The van der Waals surface area contributed by atoms with Crippen molar-refractivity contribution in [2.45, 2.75) is 25.6 Å². The number of nitrogens with two attached hydrogens (primary N) is 1. The van der Waals surface area contributed by atoms with Gasteiger partial charge in [0, 0.05) is 24.8 Å². The Morgan fingerprint density at radius 1 is 1.47 bits per heavy atom. The van der Waals surface area contributed by atoms with Crippen LogP contribution in [0.4, 0.5) is 18.9 Å². The molecule has 0 aliphatic carbocycles. The number of alkyl halides is 3. The van der Waals surface area contributed by atoms with Crippen LogP contribution in [0.25, 0.3) is 0 Å². The molecule has 1 atom stereocenters. The molecule has 6 heteroatoms. The first-order valence-corrected chi connectivity index (χ1v) is 5.42. The van der Waals surface area contributed by atoms with Gasteiger partial charge in [-0.2, -0.15) is 13.2 Å². The number of halogens is 3. The van der Waals surface area contributed by atoms with Crippen LogP contribution in [0.2, 0.25) is 0 Å². The van der Waals surface area contributed by atoms with Gasteiger partial charge < -0.3 is 10.6 Å². The first kappa shape index (κ1) is 12.2. The molecule has 1 aliphatic heterocycles. The summed E-state index contributed by atoms with van der Waals surface area (Å²) in [5.74, 6) is 0. The van der Waals surface area contributed by atoms with Crippen molar-refractivity contribution in [3.8, 4) is 0 Å². The maximum Gasteiger partial charge on any atom is 0.418 e. The van der Waals surface area contributed by atoms with Gasteiger partial charge in [0.25, 0.3) is 0 Å². The fourth-order valence-electron chi connectivity index (χ4n) is 2.00. The molecule has 1 saturated heterocycles. The molecule has 0 radical (unpaired) electrons. The zero-order valence-electron chi connectivity index (χ0n) is 9.46. The lowest BCUT2D eigenvalue weighted by Gasteiger charge is -2.19. The van der Waals surface area contributed by atoms with E-state index >= 15 is 0 Å². The van der Waals surface area contributed by atoms with Crippen molar-refractivity contribution in [1.29, 1.82) is 0 Å². The molecule has 2 heterocycles. The Balaban J connectivity index is 2.31. The number of hydrogen-bond donors (Lipinski definition) is 1. The molecule has 0 amide bonds. The van der Waals surface area contributed by atoms with Crippen LogP contribution in [-0.2, 0) is 6.18 Å². The zero-order chi connectivity index (χ0) is 12.6. The fraction of sp³-hybridized carbons (Fsp3) is 0.545. The fourth-order valence-corrected chi connectivity index (χ4v) is 2.00. The number of hydrogen-bond acceptors (Lipinski definition) is 3. The Kier molecular flexibility index (Phi) is 2.99. The Bertz CT molecular complexity index is 417. The number of anilines is 1. The highest BCUT2D eigenvalue weighted by Gasteiger charge is 2.34. The Morgan fingerprint density at radius 3 is 2.71 bits per heavy atom. The third kappa shape index (κ3) is 2.52. The first-order valence-electron chi connectivity index (χ1n) is 5.42. The average Bonchev–Trinajstić information content (AvgIpc) is 2.64. The second-order valence-corrected chi connectivity index (χ2v) is 4.32. The molecule has 17 heavy (non-hydrogen) atoms. The van der Waals surface area contributed by atoms with Crippen LogP contribution in [0.5, 0.6) is 0 Å². The molecule has 0 saturated carbocycles. The van der Waals surface area contributed by atoms with Crippen molar-refractivity contribution in [2.75, 3.05) is 18.0 Å². The lowest BCUT2D eigenvalue weighted by Crippen LogP contribution is -2.26. The van der Waals surface area contributed by atoms with Gasteiger partial charge in [0.15, 0.2) is 0 Å².